The fraction of sp³-hybridized carbons (Fsp3) is 0.333. The molecule has 0 saturated heterocycles. The summed E-state index contributed by atoms with van der Waals surface area (Å²) in [6.07, 6.45) is 0. The number of nitrogens with one attached hydrogen (secondary N) is 1. The van der Waals surface area contributed by atoms with Crippen molar-refractivity contribution in [2.45, 2.75) is 6.54 Å². The molecule has 86 valence electrons. The lowest BCUT2D eigenvalue weighted by Gasteiger charge is -2.00. The normalized spacial score (nSPS) is 11.1. The highest BCUT2D eigenvalue weighted by atomic mass is 19.1. The standard InChI is InChI=1S/C12H14FNO2/c1-15-5-4-14-8-11-7-9-6-10(13)2-3-12(9)16-11/h2-3,6-7,14H,4-5,8H2,1H3. The van der Waals surface area contributed by atoms with E-state index in [9.17, 15) is 4.39 Å². The van der Waals surface area contributed by atoms with Gasteiger partial charge >= 0.3 is 0 Å². The van der Waals surface area contributed by atoms with E-state index in [2.05, 4.69) is 5.32 Å². The van der Waals surface area contributed by atoms with E-state index in [1.165, 1.54) is 12.1 Å². The molecular weight excluding hydrogens is 209 g/mol. The number of hydrogen-bond donors (Lipinski definition) is 1. The van der Waals surface area contributed by atoms with Crippen molar-refractivity contribution in [3.63, 3.8) is 0 Å². The van der Waals surface area contributed by atoms with E-state index in [0.717, 1.165) is 17.7 Å². The third kappa shape index (κ3) is 2.59. The Morgan fingerprint density at radius 3 is 3.06 bits per heavy atom. The molecule has 1 heterocycles. The summed E-state index contributed by atoms with van der Waals surface area (Å²) in [5.41, 5.74) is 0.713. The Hall–Kier alpha value is -1.39. The average Bonchev–Trinajstić information content (AvgIpc) is 2.66. The molecule has 0 aliphatic carbocycles. The molecule has 0 radical (unpaired) electrons. The van der Waals surface area contributed by atoms with Gasteiger partial charge in [-0.05, 0) is 24.3 Å². The molecule has 0 unspecified atom stereocenters. The van der Waals surface area contributed by atoms with E-state index in [4.69, 9.17) is 9.15 Å². The van der Waals surface area contributed by atoms with Crippen molar-refractivity contribution in [2.24, 2.45) is 0 Å². The predicted molar refractivity (Wildman–Crippen MR) is 59.8 cm³/mol. The molecule has 2 aromatic rings. The summed E-state index contributed by atoms with van der Waals surface area (Å²) in [7, 11) is 1.66. The van der Waals surface area contributed by atoms with E-state index in [-0.39, 0.29) is 5.82 Å². The Morgan fingerprint density at radius 2 is 2.25 bits per heavy atom. The quantitative estimate of drug-likeness (QED) is 0.790. The SMILES string of the molecule is COCCNCc1cc2cc(F)ccc2o1. The van der Waals surface area contributed by atoms with Gasteiger partial charge in [-0.25, -0.2) is 4.39 Å². The molecule has 0 bridgehead atoms. The van der Waals surface area contributed by atoms with Crippen LogP contribution in [0, 0.1) is 5.82 Å². The highest BCUT2D eigenvalue weighted by Gasteiger charge is 2.03. The van der Waals surface area contributed by atoms with Gasteiger partial charge in [-0.2, -0.15) is 0 Å². The van der Waals surface area contributed by atoms with Crippen molar-refractivity contribution in [2.75, 3.05) is 20.3 Å². The molecule has 0 saturated carbocycles. The summed E-state index contributed by atoms with van der Waals surface area (Å²) in [4.78, 5) is 0. The van der Waals surface area contributed by atoms with E-state index in [1.54, 1.807) is 13.2 Å². The van der Waals surface area contributed by atoms with Crippen LogP contribution in [0.1, 0.15) is 5.76 Å². The van der Waals surface area contributed by atoms with E-state index >= 15 is 0 Å². The number of rotatable bonds is 5. The Labute approximate surface area is 93.2 Å². The van der Waals surface area contributed by atoms with Gasteiger partial charge in [0.15, 0.2) is 0 Å². The molecule has 0 atom stereocenters. The lowest BCUT2D eigenvalue weighted by Crippen LogP contribution is -2.18. The molecule has 0 aliphatic rings. The number of ether oxygens (including phenoxy) is 1. The Morgan fingerprint density at radius 1 is 1.38 bits per heavy atom. The summed E-state index contributed by atoms with van der Waals surface area (Å²) in [5.74, 6) is 0.559. The van der Waals surface area contributed by atoms with Crippen LogP contribution in [0.3, 0.4) is 0 Å². The predicted octanol–water partition coefficient (Wildman–Crippen LogP) is 2.31. The van der Waals surface area contributed by atoms with Crippen molar-refractivity contribution >= 4 is 11.0 Å². The fourth-order valence-electron chi connectivity index (χ4n) is 1.54. The second-order valence-corrected chi connectivity index (χ2v) is 3.56. The zero-order valence-electron chi connectivity index (χ0n) is 9.13. The largest absolute Gasteiger partial charge is 0.460 e. The lowest BCUT2D eigenvalue weighted by atomic mass is 10.2. The average molecular weight is 223 g/mol. The first-order valence-corrected chi connectivity index (χ1v) is 5.17. The molecule has 4 heteroatoms. The van der Waals surface area contributed by atoms with Crippen molar-refractivity contribution < 1.29 is 13.5 Å². The third-order valence-corrected chi connectivity index (χ3v) is 2.31. The van der Waals surface area contributed by atoms with Gasteiger partial charge in [-0.3, -0.25) is 0 Å². The first-order chi connectivity index (χ1) is 7.79. The van der Waals surface area contributed by atoms with Crippen LogP contribution < -0.4 is 5.32 Å². The molecule has 1 aromatic carbocycles. The first-order valence-electron chi connectivity index (χ1n) is 5.17. The summed E-state index contributed by atoms with van der Waals surface area (Å²) < 4.78 is 23.4. The van der Waals surface area contributed by atoms with Crippen LogP contribution in [-0.2, 0) is 11.3 Å². The van der Waals surface area contributed by atoms with E-state index in [0.29, 0.717) is 18.7 Å². The maximum Gasteiger partial charge on any atom is 0.134 e. The minimum Gasteiger partial charge on any atom is -0.460 e. The number of halogens is 1. The second kappa shape index (κ2) is 5.09. The van der Waals surface area contributed by atoms with Crippen molar-refractivity contribution in [1.82, 2.24) is 5.32 Å². The Bertz CT molecular complexity index is 467. The molecule has 0 spiro atoms. The highest BCUT2D eigenvalue weighted by molar-refractivity contribution is 5.77. The minimum atomic E-state index is -0.243. The fourth-order valence-corrected chi connectivity index (χ4v) is 1.54. The third-order valence-electron chi connectivity index (χ3n) is 2.31. The van der Waals surface area contributed by atoms with Crippen molar-refractivity contribution in [1.29, 1.82) is 0 Å². The maximum atomic E-state index is 12.9. The van der Waals surface area contributed by atoms with E-state index < -0.39 is 0 Å². The maximum absolute atomic E-state index is 12.9. The highest BCUT2D eigenvalue weighted by Crippen LogP contribution is 2.19. The number of benzene rings is 1. The van der Waals surface area contributed by atoms with Crippen LogP contribution in [-0.4, -0.2) is 20.3 Å². The smallest absolute Gasteiger partial charge is 0.134 e. The van der Waals surface area contributed by atoms with Gasteiger partial charge in [0.05, 0.1) is 13.2 Å². The Balaban J connectivity index is 2.02. The van der Waals surface area contributed by atoms with Gasteiger partial charge < -0.3 is 14.5 Å². The topological polar surface area (TPSA) is 34.4 Å². The molecule has 0 fully saturated rings. The van der Waals surface area contributed by atoms with Crippen molar-refractivity contribution in [3.8, 4) is 0 Å². The van der Waals surface area contributed by atoms with Crippen LogP contribution >= 0.6 is 0 Å². The number of methoxy groups -OCH3 is 1. The van der Waals surface area contributed by atoms with Crippen molar-refractivity contribution in [3.05, 3.63) is 35.8 Å². The van der Waals surface area contributed by atoms with Gasteiger partial charge in [0.2, 0.25) is 0 Å². The number of hydrogen-bond acceptors (Lipinski definition) is 3. The molecule has 2 rings (SSSR count). The number of furan rings is 1. The molecular formula is C12H14FNO2. The monoisotopic (exact) mass is 223 g/mol. The second-order valence-electron chi connectivity index (χ2n) is 3.56. The van der Waals surface area contributed by atoms with Gasteiger partial charge in [-0.1, -0.05) is 0 Å². The van der Waals surface area contributed by atoms with Crippen LogP contribution in [0.15, 0.2) is 28.7 Å². The zero-order chi connectivity index (χ0) is 11.4. The van der Waals surface area contributed by atoms with E-state index in [1.807, 2.05) is 6.07 Å². The summed E-state index contributed by atoms with van der Waals surface area (Å²) in [6, 6.07) is 6.35. The molecule has 0 aliphatic heterocycles. The van der Waals surface area contributed by atoms with Gasteiger partial charge in [0.1, 0.15) is 17.2 Å². The van der Waals surface area contributed by atoms with Crippen LogP contribution in [0.25, 0.3) is 11.0 Å². The molecule has 3 nitrogen and oxygen atoms in total. The van der Waals surface area contributed by atoms with Gasteiger partial charge in [0, 0.05) is 19.0 Å². The Kier molecular flexibility index (Phi) is 3.54. The molecule has 1 aromatic heterocycles. The summed E-state index contributed by atoms with van der Waals surface area (Å²) >= 11 is 0. The summed E-state index contributed by atoms with van der Waals surface area (Å²) in [6.45, 7) is 2.05. The van der Waals surface area contributed by atoms with Crippen LogP contribution in [0.2, 0.25) is 0 Å². The molecule has 0 amide bonds. The minimum absolute atomic E-state index is 0.243. The number of fused-ring (bicyclic) bond motifs is 1. The van der Waals surface area contributed by atoms with Crippen LogP contribution in [0.5, 0.6) is 0 Å². The van der Waals surface area contributed by atoms with Crippen LogP contribution in [0.4, 0.5) is 4.39 Å². The van der Waals surface area contributed by atoms with Gasteiger partial charge in [-0.15, -0.1) is 0 Å². The first kappa shape index (κ1) is 11.1. The molecule has 16 heavy (non-hydrogen) atoms. The summed E-state index contributed by atoms with van der Waals surface area (Å²) in [5, 5.41) is 3.96. The zero-order valence-corrected chi connectivity index (χ0v) is 9.13. The lowest BCUT2D eigenvalue weighted by molar-refractivity contribution is 0.198. The van der Waals surface area contributed by atoms with Gasteiger partial charge in [0.25, 0.3) is 0 Å². The molecule has 1 N–H and O–H groups in total.